The fourth-order valence-corrected chi connectivity index (χ4v) is 3.19. The fraction of sp³-hybridized carbons (Fsp3) is 0.692. The molecule has 0 aliphatic heterocycles. The largest absolute Gasteiger partial charge is 0.349 e. The summed E-state index contributed by atoms with van der Waals surface area (Å²) in [6.07, 6.45) is 3.45. The van der Waals surface area contributed by atoms with E-state index in [2.05, 4.69) is 15.0 Å². The predicted molar refractivity (Wildman–Crippen MR) is 90.7 cm³/mol. The number of hydrogen-bond donors (Lipinski definition) is 3. The number of nitrogens with zero attached hydrogens (tertiary/aromatic N) is 2. The number of sulfonamides is 1. The van der Waals surface area contributed by atoms with E-state index in [-0.39, 0.29) is 30.5 Å². The molecule has 0 aromatic carbocycles. The van der Waals surface area contributed by atoms with E-state index < -0.39 is 21.5 Å². The molecule has 0 saturated carbocycles. The van der Waals surface area contributed by atoms with Crippen LogP contribution >= 0.6 is 12.4 Å². The molecule has 0 aliphatic carbocycles. The molecule has 1 heterocycles. The van der Waals surface area contributed by atoms with Crippen LogP contribution in [0, 0.1) is 5.92 Å². The van der Waals surface area contributed by atoms with Crippen LogP contribution in [0.15, 0.2) is 17.6 Å². The summed E-state index contributed by atoms with van der Waals surface area (Å²) in [7, 11) is -2.13. The second kappa shape index (κ2) is 8.62. The third-order valence-electron chi connectivity index (χ3n) is 3.13. The van der Waals surface area contributed by atoms with Gasteiger partial charge in [-0.25, -0.2) is 18.1 Å². The Morgan fingerprint density at radius 2 is 2.09 bits per heavy atom. The van der Waals surface area contributed by atoms with E-state index in [0.717, 1.165) is 0 Å². The zero-order valence-corrected chi connectivity index (χ0v) is 15.5. The number of nitrogens with one attached hydrogen (secondary N) is 2. The van der Waals surface area contributed by atoms with Crippen molar-refractivity contribution in [3.8, 4) is 0 Å². The number of aryl methyl sites for hydroxylation is 1. The maximum atomic E-state index is 12.0. The van der Waals surface area contributed by atoms with E-state index in [1.54, 1.807) is 7.05 Å². The maximum Gasteiger partial charge on any atom is 0.260 e. The minimum Gasteiger partial charge on any atom is -0.349 e. The molecule has 8 nitrogen and oxygen atoms in total. The molecule has 0 spiro atoms. The Morgan fingerprint density at radius 3 is 2.52 bits per heavy atom. The number of carbonyl (C=O) groups excluding carboxylic acids is 1. The Labute approximate surface area is 143 Å². The van der Waals surface area contributed by atoms with Crippen LogP contribution in [0.2, 0.25) is 0 Å². The van der Waals surface area contributed by atoms with Crippen LogP contribution in [-0.2, 0) is 21.9 Å². The SMILES string of the molecule is CC(C)CC(C)(CN)NC(=O)CNS(=O)(=O)c1cn(C)cn1.Cl. The highest BCUT2D eigenvalue weighted by Gasteiger charge is 2.26. The number of amides is 1. The van der Waals surface area contributed by atoms with E-state index >= 15 is 0 Å². The summed E-state index contributed by atoms with van der Waals surface area (Å²) in [6.45, 7) is 5.84. The van der Waals surface area contributed by atoms with E-state index in [1.165, 1.54) is 17.1 Å². The van der Waals surface area contributed by atoms with Gasteiger partial charge in [0.25, 0.3) is 10.0 Å². The molecule has 23 heavy (non-hydrogen) atoms. The van der Waals surface area contributed by atoms with Gasteiger partial charge in [0.15, 0.2) is 5.03 Å². The molecule has 0 radical (unpaired) electrons. The summed E-state index contributed by atoms with van der Waals surface area (Å²) < 4.78 is 27.7. The number of rotatable bonds is 8. The molecular weight excluding hydrogens is 342 g/mol. The first-order valence-electron chi connectivity index (χ1n) is 7.07. The minimum atomic E-state index is -3.79. The van der Waals surface area contributed by atoms with Gasteiger partial charge in [-0.15, -0.1) is 12.4 Å². The summed E-state index contributed by atoms with van der Waals surface area (Å²) >= 11 is 0. The second-order valence-corrected chi connectivity index (χ2v) is 7.83. The molecule has 0 aliphatic rings. The molecule has 4 N–H and O–H groups in total. The standard InChI is InChI=1S/C13H25N5O3S.ClH/c1-10(2)5-13(3,8-14)17-11(19)6-16-22(20,21)12-7-18(4)9-15-12;/h7,9-10,16H,5-6,8,14H2,1-4H3,(H,17,19);1H. The lowest BCUT2D eigenvalue weighted by Crippen LogP contribution is -2.54. The first-order valence-corrected chi connectivity index (χ1v) is 8.55. The Bertz CT molecular complexity index is 617. The van der Waals surface area contributed by atoms with Crippen LogP contribution in [-0.4, -0.2) is 42.5 Å². The van der Waals surface area contributed by atoms with Crippen molar-refractivity contribution in [1.29, 1.82) is 0 Å². The molecular formula is C13H26ClN5O3S. The maximum absolute atomic E-state index is 12.0. The van der Waals surface area contributed by atoms with Crippen LogP contribution in [0.1, 0.15) is 27.2 Å². The van der Waals surface area contributed by atoms with Crippen molar-refractivity contribution < 1.29 is 13.2 Å². The summed E-state index contributed by atoms with van der Waals surface area (Å²) in [5, 5.41) is 2.67. The predicted octanol–water partition coefficient (Wildman–Crippen LogP) is -0.0001000. The lowest BCUT2D eigenvalue weighted by atomic mass is 9.91. The van der Waals surface area contributed by atoms with Crippen molar-refractivity contribution in [2.24, 2.45) is 18.7 Å². The number of nitrogens with two attached hydrogens (primary N) is 1. The number of imidazole rings is 1. The molecule has 134 valence electrons. The van der Waals surface area contributed by atoms with Crippen LogP contribution in [0.3, 0.4) is 0 Å². The topological polar surface area (TPSA) is 119 Å². The normalized spacial score (nSPS) is 14.2. The van der Waals surface area contributed by atoms with Gasteiger partial charge in [-0.1, -0.05) is 13.8 Å². The van der Waals surface area contributed by atoms with Crippen LogP contribution < -0.4 is 15.8 Å². The summed E-state index contributed by atoms with van der Waals surface area (Å²) in [6, 6.07) is 0. The smallest absolute Gasteiger partial charge is 0.260 e. The van der Waals surface area contributed by atoms with Crippen LogP contribution in [0.4, 0.5) is 0 Å². The van der Waals surface area contributed by atoms with Gasteiger partial charge in [-0.2, -0.15) is 0 Å². The van der Waals surface area contributed by atoms with Gasteiger partial charge in [0.05, 0.1) is 12.9 Å². The molecule has 0 saturated heterocycles. The van der Waals surface area contributed by atoms with E-state index in [0.29, 0.717) is 12.3 Å². The molecule has 1 atom stereocenters. The van der Waals surface area contributed by atoms with Crippen LogP contribution in [0.5, 0.6) is 0 Å². The first-order chi connectivity index (χ1) is 10.1. The molecule has 1 unspecified atom stereocenters. The van der Waals surface area contributed by atoms with E-state index in [9.17, 15) is 13.2 Å². The van der Waals surface area contributed by atoms with Crippen LogP contribution in [0.25, 0.3) is 0 Å². The highest BCUT2D eigenvalue weighted by Crippen LogP contribution is 2.15. The van der Waals surface area contributed by atoms with Crippen molar-refractivity contribution in [3.05, 3.63) is 12.5 Å². The van der Waals surface area contributed by atoms with Crippen molar-refractivity contribution in [3.63, 3.8) is 0 Å². The molecule has 1 amide bonds. The zero-order valence-electron chi connectivity index (χ0n) is 13.9. The van der Waals surface area contributed by atoms with Gasteiger partial charge in [0, 0.05) is 25.3 Å². The minimum absolute atomic E-state index is 0. The first kappa shape index (κ1) is 21.8. The van der Waals surface area contributed by atoms with Gasteiger partial charge >= 0.3 is 0 Å². The lowest BCUT2D eigenvalue weighted by Gasteiger charge is -2.31. The van der Waals surface area contributed by atoms with Crippen molar-refractivity contribution in [1.82, 2.24) is 19.6 Å². The van der Waals surface area contributed by atoms with Gasteiger partial charge in [0.2, 0.25) is 5.91 Å². The number of hydrogen-bond acceptors (Lipinski definition) is 5. The van der Waals surface area contributed by atoms with Crippen molar-refractivity contribution >= 4 is 28.3 Å². The fourth-order valence-electron chi connectivity index (χ4n) is 2.23. The third-order valence-corrected chi connectivity index (χ3v) is 4.42. The molecule has 1 rings (SSSR count). The Hall–Kier alpha value is -1.16. The molecule has 10 heteroatoms. The summed E-state index contributed by atoms with van der Waals surface area (Å²) in [5.41, 5.74) is 5.16. The van der Waals surface area contributed by atoms with Gasteiger partial charge < -0.3 is 15.6 Å². The highest BCUT2D eigenvalue weighted by atomic mass is 35.5. The third kappa shape index (κ3) is 6.86. The number of halogens is 1. The Balaban J connectivity index is 0.00000484. The lowest BCUT2D eigenvalue weighted by molar-refractivity contribution is -0.121. The molecule has 0 bridgehead atoms. The van der Waals surface area contributed by atoms with Crippen molar-refractivity contribution in [2.45, 2.75) is 37.8 Å². The number of aromatic nitrogens is 2. The van der Waals surface area contributed by atoms with Crippen molar-refractivity contribution in [2.75, 3.05) is 13.1 Å². The average molecular weight is 368 g/mol. The zero-order chi connectivity index (χ0) is 17.0. The monoisotopic (exact) mass is 367 g/mol. The van der Waals surface area contributed by atoms with Gasteiger partial charge in [0.1, 0.15) is 0 Å². The Kier molecular flexibility index (Phi) is 8.19. The molecule has 1 aromatic rings. The second-order valence-electron chi connectivity index (χ2n) is 6.11. The highest BCUT2D eigenvalue weighted by molar-refractivity contribution is 7.89. The number of carbonyl (C=O) groups is 1. The molecule has 0 fully saturated rings. The van der Waals surface area contributed by atoms with E-state index in [1.807, 2.05) is 20.8 Å². The van der Waals surface area contributed by atoms with E-state index in [4.69, 9.17) is 5.73 Å². The quantitative estimate of drug-likeness (QED) is 0.597. The Morgan fingerprint density at radius 1 is 1.48 bits per heavy atom. The van der Waals surface area contributed by atoms with Gasteiger partial charge in [-0.3, -0.25) is 4.79 Å². The average Bonchev–Trinajstić information content (AvgIpc) is 2.83. The van der Waals surface area contributed by atoms with Gasteiger partial charge in [-0.05, 0) is 19.3 Å². The summed E-state index contributed by atoms with van der Waals surface area (Å²) in [5.74, 6) is -0.0628. The summed E-state index contributed by atoms with van der Waals surface area (Å²) in [4.78, 5) is 15.7. The molecule has 1 aromatic heterocycles.